The van der Waals surface area contributed by atoms with Gasteiger partial charge in [0, 0.05) is 31.6 Å². The highest BCUT2D eigenvalue weighted by atomic mass is 19.1. The molecule has 2 saturated heterocycles. The van der Waals surface area contributed by atoms with Crippen LogP contribution in [0.1, 0.15) is 19.8 Å². The third-order valence-corrected chi connectivity index (χ3v) is 4.77. The fourth-order valence-electron chi connectivity index (χ4n) is 3.32. The summed E-state index contributed by atoms with van der Waals surface area (Å²) in [4.78, 5) is 31.1. The number of carbonyl (C=O) groups is 2. The molecule has 2 aliphatic heterocycles. The van der Waals surface area contributed by atoms with Crippen LogP contribution in [0.4, 0.5) is 25.0 Å². The van der Waals surface area contributed by atoms with Crippen LogP contribution in [0.15, 0.2) is 12.1 Å². The zero-order valence-corrected chi connectivity index (χ0v) is 16.0. The van der Waals surface area contributed by atoms with E-state index in [2.05, 4.69) is 0 Å². The molecule has 11 heteroatoms. The van der Waals surface area contributed by atoms with Gasteiger partial charge in [0.2, 0.25) is 5.96 Å². The normalized spacial score (nSPS) is 19.9. The van der Waals surface area contributed by atoms with E-state index in [1.807, 2.05) is 0 Å². The fraction of sp³-hybridized carbons (Fsp3) is 0.500. The van der Waals surface area contributed by atoms with E-state index >= 15 is 0 Å². The lowest BCUT2D eigenvalue weighted by atomic mass is 10.1. The Morgan fingerprint density at radius 1 is 1.28 bits per heavy atom. The van der Waals surface area contributed by atoms with E-state index in [1.54, 1.807) is 0 Å². The maximum atomic E-state index is 14.8. The minimum absolute atomic E-state index is 0.0225. The molecule has 0 bridgehead atoms. The second-order valence-electron chi connectivity index (χ2n) is 6.92. The molecule has 0 spiro atoms. The van der Waals surface area contributed by atoms with Gasteiger partial charge in [0.05, 0.1) is 25.4 Å². The minimum atomic E-state index is -0.823. The lowest BCUT2D eigenvalue weighted by Gasteiger charge is -2.24. The van der Waals surface area contributed by atoms with Crippen molar-refractivity contribution in [3.05, 3.63) is 23.8 Å². The van der Waals surface area contributed by atoms with Crippen molar-refractivity contribution in [2.24, 2.45) is 5.73 Å². The molecule has 0 saturated carbocycles. The van der Waals surface area contributed by atoms with Gasteiger partial charge in [-0.3, -0.25) is 15.1 Å². The van der Waals surface area contributed by atoms with E-state index in [9.17, 15) is 18.4 Å². The number of amides is 1. The maximum absolute atomic E-state index is 14.8. The molecule has 3 N–H and O–H groups in total. The molecule has 1 amide bonds. The number of benzene rings is 1. The topological polar surface area (TPSA) is 112 Å². The Labute approximate surface area is 166 Å². The number of carbonyl (C=O) groups excluding carboxylic acids is 2. The number of halogens is 2. The molecule has 29 heavy (non-hydrogen) atoms. The van der Waals surface area contributed by atoms with Crippen LogP contribution < -0.4 is 15.5 Å². The Morgan fingerprint density at radius 2 is 1.97 bits per heavy atom. The Balaban J connectivity index is 1.75. The quantitative estimate of drug-likeness (QED) is 0.559. The number of hydroxylamine groups is 2. The summed E-state index contributed by atoms with van der Waals surface area (Å²) in [6, 6.07) is 2.17. The van der Waals surface area contributed by atoms with Crippen LogP contribution in [0.5, 0.6) is 0 Å². The molecule has 0 unspecified atom stereocenters. The van der Waals surface area contributed by atoms with Gasteiger partial charge in [-0.2, -0.15) is 0 Å². The van der Waals surface area contributed by atoms with Gasteiger partial charge >= 0.3 is 6.09 Å². The van der Waals surface area contributed by atoms with Crippen molar-refractivity contribution in [3.63, 3.8) is 0 Å². The average molecular weight is 411 g/mol. The third-order valence-electron chi connectivity index (χ3n) is 4.77. The van der Waals surface area contributed by atoms with Crippen LogP contribution in [0.25, 0.3) is 0 Å². The summed E-state index contributed by atoms with van der Waals surface area (Å²) in [6.45, 7) is 2.25. The van der Waals surface area contributed by atoms with Gasteiger partial charge in [-0.1, -0.05) is 0 Å². The number of nitrogens with two attached hydrogens (primary N) is 1. The first-order chi connectivity index (χ1) is 13.8. The van der Waals surface area contributed by atoms with Gasteiger partial charge in [0.1, 0.15) is 17.6 Å². The fourth-order valence-corrected chi connectivity index (χ4v) is 3.32. The summed E-state index contributed by atoms with van der Waals surface area (Å²) in [6.07, 6.45) is -0.578. The van der Waals surface area contributed by atoms with Gasteiger partial charge in [-0.05, 0) is 13.3 Å². The predicted octanol–water partition coefficient (Wildman–Crippen LogP) is 1.61. The van der Waals surface area contributed by atoms with Crippen molar-refractivity contribution in [1.82, 2.24) is 5.06 Å². The van der Waals surface area contributed by atoms with E-state index in [0.29, 0.717) is 6.42 Å². The Kier molecular flexibility index (Phi) is 6.16. The van der Waals surface area contributed by atoms with E-state index in [4.69, 9.17) is 20.7 Å². The molecular formula is C18H23F2N5O4. The second kappa shape index (κ2) is 8.60. The Morgan fingerprint density at radius 3 is 2.59 bits per heavy atom. The van der Waals surface area contributed by atoms with Crippen molar-refractivity contribution in [1.29, 1.82) is 5.41 Å². The first-order valence-electron chi connectivity index (χ1n) is 9.22. The number of cyclic esters (lactones) is 1. The molecule has 1 atom stereocenters. The summed E-state index contributed by atoms with van der Waals surface area (Å²) in [7, 11) is 0. The maximum Gasteiger partial charge on any atom is 0.414 e. The van der Waals surface area contributed by atoms with Crippen molar-refractivity contribution < 1.29 is 27.9 Å². The summed E-state index contributed by atoms with van der Waals surface area (Å²) >= 11 is 0. The molecule has 1 aromatic carbocycles. The summed E-state index contributed by atoms with van der Waals surface area (Å²) in [5.41, 5.74) is 5.20. The van der Waals surface area contributed by atoms with Gasteiger partial charge in [0.15, 0.2) is 11.6 Å². The highest BCUT2D eigenvalue weighted by molar-refractivity contribution is 5.90. The second-order valence-corrected chi connectivity index (χ2v) is 6.92. The van der Waals surface area contributed by atoms with Crippen LogP contribution in [0.3, 0.4) is 0 Å². The summed E-state index contributed by atoms with van der Waals surface area (Å²) < 4.78 is 34.8. The number of hydrogen-bond acceptors (Lipinski definition) is 6. The number of ketones is 1. The van der Waals surface area contributed by atoms with Crippen molar-refractivity contribution >= 4 is 29.2 Å². The first-order valence-corrected chi connectivity index (χ1v) is 9.22. The summed E-state index contributed by atoms with van der Waals surface area (Å²) in [5.74, 6) is -1.95. The van der Waals surface area contributed by atoms with Crippen LogP contribution in [-0.4, -0.2) is 61.8 Å². The number of anilines is 2. The standard InChI is InChI=1S/C18H23F2N5O4/c1-11(26)2-3-13-10-24(18(27)29-13)12-8-14(19)16(15(20)9-12)23-4-5-25(17(21)22)28-7-6-23/h8-9,13H,2-7,10H2,1H3,(H3,21,22)/t13-/m0/s1. The number of guanidine groups is 1. The number of Topliss-reactive ketones (excluding diaryl/α,β-unsaturated/α-hetero) is 1. The molecule has 2 fully saturated rings. The summed E-state index contributed by atoms with van der Waals surface area (Å²) in [5, 5.41) is 8.56. The Bertz CT molecular complexity index is 798. The predicted molar refractivity (Wildman–Crippen MR) is 101 cm³/mol. The molecule has 158 valence electrons. The smallest absolute Gasteiger partial charge is 0.414 e. The van der Waals surface area contributed by atoms with Crippen molar-refractivity contribution in [2.45, 2.75) is 25.9 Å². The molecule has 2 aliphatic rings. The number of nitrogens with zero attached hydrogens (tertiary/aromatic N) is 3. The van der Waals surface area contributed by atoms with E-state index in [1.165, 1.54) is 11.8 Å². The van der Waals surface area contributed by atoms with Crippen LogP contribution in [0.2, 0.25) is 0 Å². The van der Waals surface area contributed by atoms with Crippen LogP contribution >= 0.6 is 0 Å². The van der Waals surface area contributed by atoms with Gasteiger partial charge in [-0.25, -0.2) is 18.6 Å². The molecule has 0 aliphatic carbocycles. The zero-order chi connectivity index (χ0) is 21.1. The number of rotatable bonds is 5. The van der Waals surface area contributed by atoms with Gasteiger partial charge < -0.3 is 20.2 Å². The first kappa shape index (κ1) is 20.8. The largest absolute Gasteiger partial charge is 0.444 e. The monoisotopic (exact) mass is 411 g/mol. The van der Waals surface area contributed by atoms with Gasteiger partial charge in [0.25, 0.3) is 0 Å². The lowest BCUT2D eigenvalue weighted by molar-refractivity contribution is -0.117. The highest BCUT2D eigenvalue weighted by Crippen LogP contribution is 2.31. The minimum Gasteiger partial charge on any atom is -0.444 e. The average Bonchev–Trinajstić information content (AvgIpc) is 2.85. The van der Waals surface area contributed by atoms with E-state index in [0.717, 1.165) is 22.1 Å². The van der Waals surface area contributed by atoms with Crippen LogP contribution in [0, 0.1) is 17.0 Å². The zero-order valence-electron chi connectivity index (χ0n) is 16.0. The molecule has 3 rings (SSSR count). The molecule has 0 radical (unpaired) electrons. The molecule has 9 nitrogen and oxygen atoms in total. The lowest BCUT2D eigenvalue weighted by Crippen LogP contribution is -2.38. The third kappa shape index (κ3) is 4.73. The number of ether oxygens (including phenoxy) is 1. The number of hydrogen-bond donors (Lipinski definition) is 2. The molecule has 2 heterocycles. The van der Waals surface area contributed by atoms with Crippen molar-refractivity contribution in [3.8, 4) is 0 Å². The highest BCUT2D eigenvalue weighted by Gasteiger charge is 2.33. The SMILES string of the molecule is CC(=O)CC[C@H]1CN(c2cc(F)c(N3CCON(C(=N)N)CC3)c(F)c2)C(=O)O1. The molecule has 0 aromatic heterocycles. The Hall–Kier alpha value is -2.95. The molecular weight excluding hydrogens is 388 g/mol. The number of nitrogens with one attached hydrogen (secondary N) is 1. The van der Waals surface area contributed by atoms with Crippen molar-refractivity contribution in [2.75, 3.05) is 42.6 Å². The van der Waals surface area contributed by atoms with Gasteiger partial charge in [-0.15, -0.1) is 0 Å². The van der Waals surface area contributed by atoms with E-state index in [-0.39, 0.29) is 62.3 Å². The van der Waals surface area contributed by atoms with E-state index < -0.39 is 23.8 Å². The molecule has 1 aromatic rings. The van der Waals surface area contributed by atoms with Crippen LogP contribution in [-0.2, 0) is 14.4 Å².